The average Bonchev–Trinajstić information content (AvgIpc) is 3.34. The number of morpholine rings is 1. The van der Waals surface area contributed by atoms with Gasteiger partial charge in [0.15, 0.2) is 11.5 Å². The molecule has 7 heteroatoms. The van der Waals surface area contributed by atoms with E-state index in [0.717, 1.165) is 18.8 Å². The van der Waals surface area contributed by atoms with Crippen molar-refractivity contribution in [2.75, 3.05) is 39.6 Å². The lowest BCUT2D eigenvalue weighted by Gasteiger charge is -2.33. The summed E-state index contributed by atoms with van der Waals surface area (Å²) in [5.41, 5.74) is 0.546. The fourth-order valence-corrected chi connectivity index (χ4v) is 3.11. The van der Waals surface area contributed by atoms with Crippen molar-refractivity contribution in [2.24, 2.45) is 0 Å². The van der Waals surface area contributed by atoms with Gasteiger partial charge in [0.25, 0.3) is 5.91 Å². The van der Waals surface area contributed by atoms with Crippen LogP contribution in [0.1, 0.15) is 22.2 Å². The second kappa shape index (κ2) is 7.16. The molecule has 4 rings (SSSR count). The molecule has 0 saturated carbocycles. The number of carbonyl (C=O) groups excluding carboxylic acids is 1. The van der Waals surface area contributed by atoms with Crippen LogP contribution in [-0.2, 0) is 4.74 Å². The maximum absolute atomic E-state index is 12.5. The Balaban J connectivity index is 1.44. The molecule has 0 bridgehead atoms. The summed E-state index contributed by atoms with van der Waals surface area (Å²) in [6, 6.07) is 8.98. The van der Waals surface area contributed by atoms with Gasteiger partial charge in [-0.2, -0.15) is 0 Å². The fourth-order valence-electron chi connectivity index (χ4n) is 3.11. The Hall–Kier alpha value is -2.51. The second-order valence-corrected chi connectivity index (χ2v) is 5.96. The normalized spacial score (nSPS) is 18.1. The zero-order valence-corrected chi connectivity index (χ0v) is 13.8. The molecule has 0 radical (unpaired) electrons. The minimum absolute atomic E-state index is 0.0168. The Morgan fingerprint density at radius 3 is 2.80 bits per heavy atom. The number of carbonyl (C=O) groups is 1. The minimum Gasteiger partial charge on any atom is -0.468 e. The Morgan fingerprint density at radius 2 is 2.00 bits per heavy atom. The van der Waals surface area contributed by atoms with Crippen LogP contribution in [0.15, 0.2) is 41.0 Å². The van der Waals surface area contributed by atoms with E-state index in [-0.39, 0.29) is 18.7 Å². The molecule has 25 heavy (non-hydrogen) atoms. The molecule has 1 saturated heterocycles. The summed E-state index contributed by atoms with van der Waals surface area (Å²) in [4.78, 5) is 14.8. The molecular weight excluding hydrogens is 324 g/mol. The van der Waals surface area contributed by atoms with Crippen molar-refractivity contribution in [3.8, 4) is 11.5 Å². The predicted octanol–water partition coefficient (Wildman–Crippen LogP) is 1.81. The van der Waals surface area contributed by atoms with Gasteiger partial charge in [-0.3, -0.25) is 9.69 Å². The van der Waals surface area contributed by atoms with Crippen molar-refractivity contribution < 1.29 is 23.4 Å². The van der Waals surface area contributed by atoms with E-state index >= 15 is 0 Å². The highest BCUT2D eigenvalue weighted by Gasteiger charge is 2.25. The number of hydrogen-bond acceptors (Lipinski definition) is 6. The van der Waals surface area contributed by atoms with E-state index in [2.05, 4.69) is 10.2 Å². The van der Waals surface area contributed by atoms with Gasteiger partial charge in [-0.15, -0.1) is 0 Å². The number of furan rings is 1. The second-order valence-electron chi connectivity index (χ2n) is 5.96. The monoisotopic (exact) mass is 344 g/mol. The standard InChI is InChI=1S/C18H20N2O5/c21-18(13-3-4-16-17(10-13)25-12-24-16)19-11-14(15-2-1-7-23-15)20-5-8-22-9-6-20/h1-4,7,10,14H,5-6,8-9,11-12H2,(H,19,21)/t14-/m1/s1. The fraction of sp³-hybridized carbons (Fsp3) is 0.389. The molecular formula is C18H20N2O5. The molecule has 7 nitrogen and oxygen atoms in total. The van der Waals surface area contributed by atoms with Crippen LogP contribution in [0.2, 0.25) is 0 Å². The molecule has 1 aromatic carbocycles. The quantitative estimate of drug-likeness (QED) is 0.892. The number of fused-ring (bicyclic) bond motifs is 1. The van der Waals surface area contributed by atoms with E-state index in [9.17, 15) is 4.79 Å². The number of amides is 1. The summed E-state index contributed by atoms with van der Waals surface area (Å²) in [5, 5.41) is 3.00. The summed E-state index contributed by atoms with van der Waals surface area (Å²) >= 11 is 0. The van der Waals surface area contributed by atoms with Crippen LogP contribution in [0.4, 0.5) is 0 Å². The third-order valence-electron chi connectivity index (χ3n) is 4.45. The number of nitrogens with one attached hydrogen (secondary N) is 1. The summed E-state index contributed by atoms with van der Waals surface area (Å²) < 4.78 is 21.6. The molecule has 0 unspecified atom stereocenters. The third-order valence-corrected chi connectivity index (χ3v) is 4.45. The van der Waals surface area contributed by atoms with Gasteiger partial charge in [-0.25, -0.2) is 0 Å². The molecule has 3 heterocycles. The van der Waals surface area contributed by atoms with Crippen molar-refractivity contribution in [1.82, 2.24) is 10.2 Å². The van der Waals surface area contributed by atoms with Crippen molar-refractivity contribution in [3.05, 3.63) is 47.9 Å². The maximum Gasteiger partial charge on any atom is 0.251 e. The molecule has 1 fully saturated rings. The first-order valence-corrected chi connectivity index (χ1v) is 8.34. The summed E-state index contributed by atoms with van der Waals surface area (Å²) in [7, 11) is 0. The highest BCUT2D eigenvalue weighted by atomic mass is 16.7. The van der Waals surface area contributed by atoms with E-state index in [1.165, 1.54) is 0 Å². The Bertz CT molecular complexity index is 725. The molecule has 1 aromatic heterocycles. The van der Waals surface area contributed by atoms with Crippen LogP contribution in [0.25, 0.3) is 0 Å². The molecule has 1 amide bonds. The average molecular weight is 344 g/mol. The minimum atomic E-state index is -0.150. The van der Waals surface area contributed by atoms with E-state index in [1.807, 2.05) is 12.1 Å². The van der Waals surface area contributed by atoms with Gasteiger partial charge in [0, 0.05) is 25.2 Å². The first-order chi connectivity index (χ1) is 12.3. The van der Waals surface area contributed by atoms with Gasteiger partial charge in [-0.05, 0) is 30.3 Å². The lowest BCUT2D eigenvalue weighted by atomic mass is 10.1. The first kappa shape index (κ1) is 16.0. The third kappa shape index (κ3) is 3.47. The van der Waals surface area contributed by atoms with Crippen LogP contribution in [0.5, 0.6) is 11.5 Å². The number of benzene rings is 1. The van der Waals surface area contributed by atoms with E-state index < -0.39 is 0 Å². The van der Waals surface area contributed by atoms with Crippen LogP contribution >= 0.6 is 0 Å². The molecule has 0 spiro atoms. The molecule has 1 N–H and O–H groups in total. The number of ether oxygens (including phenoxy) is 3. The lowest BCUT2D eigenvalue weighted by Crippen LogP contribution is -2.43. The Morgan fingerprint density at radius 1 is 1.16 bits per heavy atom. The van der Waals surface area contributed by atoms with E-state index in [1.54, 1.807) is 24.5 Å². The first-order valence-electron chi connectivity index (χ1n) is 8.34. The SMILES string of the molecule is O=C(NC[C@H](c1ccco1)N1CCOCC1)c1ccc2c(c1)OCO2. The van der Waals surface area contributed by atoms with Gasteiger partial charge < -0.3 is 23.9 Å². The summed E-state index contributed by atoms with van der Waals surface area (Å²) in [6.07, 6.45) is 1.66. The number of nitrogens with zero attached hydrogens (tertiary/aromatic N) is 1. The van der Waals surface area contributed by atoms with Crippen molar-refractivity contribution in [1.29, 1.82) is 0 Å². The Labute approximate surface area is 145 Å². The maximum atomic E-state index is 12.5. The zero-order valence-electron chi connectivity index (χ0n) is 13.8. The molecule has 2 aliphatic heterocycles. The van der Waals surface area contributed by atoms with Crippen molar-refractivity contribution in [2.45, 2.75) is 6.04 Å². The zero-order chi connectivity index (χ0) is 17.1. The van der Waals surface area contributed by atoms with Gasteiger partial charge in [-0.1, -0.05) is 0 Å². The molecule has 2 aliphatic rings. The summed E-state index contributed by atoms with van der Waals surface area (Å²) in [5.74, 6) is 1.96. The summed E-state index contributed by atoms with van der Waals surface area (Å²) in [6.45, 7) is 3.65. The van der Waals surface area contributed by atoms with E-state index in [4.69, 9.17) is 18.6 Å². The van der Waals surface area contributed by atoms with Crippen LogP contribution < -0.4 is 14.8 Å². The highest BCUT2D eigenvalue weighted by Crippen LogP contribution is 2.32. The van der Waals surface area contributed by atoms with Gasteiger partial charge in [0.1, 0.15) is 5.76 Å². The molecule has 1 atom stereocenters. The van der Waals surface area contributed by atoms with E-state index in [0.29, 0.717) is 36.8 Å². The molecule has 0 aliphatic carbocycles. The smallest absolute Gasteiger partial charge is 0.251 e. The largest absolute Gasteiger partial charge is 0.468 e. The van der Waals surface area contributed by atoms with Crippen molar-refractivity contribution in [3.63, 3.8) is 0 Å². The van der Waals surface area contributed by atoms with Crippen LogP contribution in [0.3, 0.4) is 0 Å². The molecule has 132 valence electrons. The molecule has 2 aromatic rings. The van der Waals surface area contributed by atoms with Gasteiger partial charge in [0.05, 0.1) is 25.5 Å². The van der Waals surface area contributed by atoms with Gasteiger partial charge >= 0.3 is 0 Å². The number of hydrogen-bond donors (Lipinski definition) is 1. The topological polar surface area (TPSA) is 73.2 Å². The number of rotatable bonds is 5. The van der Waals surface area contributed by atoms with Gasteiger partial charge in [0.2, 0.25) is 6.79 Å². The van der Waals surface area contributed by atoms with Crippen molar-refractivity contribution >= 4 is 5.91 Å². The predicted molar refractivity (Wildman–Crippen MR) is 88.7 cm³/mol. The van der Waals surface area contributed by atoms with Crippen LogP contribution in [0, 0.1) is 0 Å². The van der Waals surface area contributed by atoms with Crippen LogP contribution in [-0.4, -0.2) is 50.4 Å². The Kier molecular flexibility index (Phi) is 4.58. The lowest BCUT2D eigenvalue weighted by molar-refractivity contribution is 0.0118. The highest BCUT2D eigenvalue weighted by molar-refractivity contribution is 5.94.